The Labute approximate surface area is 168 Å². The van der Waals surface area contributed by atoms with Gasteiger partial charge in [0.2, 0.25) is 11.8 Å². The normalized spacial score (nSPS) is 28.1. The molecule has 4 rings (SSSR count). The molecule has 28 heavy (non-hydrogen) atoms. The number of fused-ring (bicyclic) bond motifs is 1. The molecule has 2 amide bonds. The molecule has 5 nitrogen and oxygen atoms in total. The predicted molar refractivity (Wildman–Crippen MR) is 110 cm³/mol. The van der Waals surface area contributed by atoms with Crippen LogP contribution in [0.25, 0.3) is 0 Å². The van der Waals surface area contributed by atoms with Gasteiger partial charge in [-0.2, -0.15) is 0 Å². The van der Waals surface area contributed by atoms with Crippen molar-refractivity contribution in [2.24, 2.45) is 11.8 Å². The number of aryl methyl sites for hydroxylation is 1. The van der Waals surface area contributed by atoms with Gasteiger partial charge in [-0.05, 0) is 50.3 Å². The third-order valence-corrected chi connectivity index (χ3v) is 6.99. The van der Waals surface area contributed by atoms with Gasteiger partial charge in [0.25, 0.3) is 0 Å². The summed E-state index contributed by atoms with van der Waals surface area (Å²) in [5.41, 5.74) is 2.76. The fourth-order valence-corrected chi connectivity index (χ4v) is 5.53. The van der Waals surface area contributed by atoms with E-state index in [1.165, 1.54) is 11.1 Å². The summed E-state index contributed by atoms with van der Waals surface area (Å²) in [7, 11) is 2.22. The van der Waals surface area contributed by atoms with Crippen molar-refractivity contribution in [1.29, 1.82) is 0 Å². The summed E-state index contributed by atoms with van der Waals surface area (Å²) in [6, 6.07) is 9.08. The summed E-state index contributed by atoms with van der Waals surface area (Å²) in [4.78, 5) is 31.2. The molecule has 0 aromatic heterocycles. The van der Waals surface area contributed by atoms with E-state index in [9.17, 15) is 9.59 Å². The Balaban J connectivity index is 1.33. The number of carbonyl (C=O) groups excluding carboxylic acids is 2. The van der Waals surface area contributed by atoms with Crippen molar-refractivity contribution in [2.45, 2.75) is 45.1 Å². The second kappa shape index (κ2) is 8.24. The highest BCUT2D eigenvalue weighted by atomic mass is 16.2. The molecule has 3 saturated heterocycles. The Hall–Kier alpha value is -1.88. The lowest BCUT2D eigenvalue weighted by Crippen LogP contribution is -2.37. The lowest BCUT2D eigenvalue weighted by atomic mass is 9.88. The predicted octanol–water partition coefficient (Wildman–Crippen LogP) is 2.85. The molecular weight excluding hydrogens is 350 g/mol. The molecule has 3 aliphatic rings. The summed E-state index contributed by atoms with van der Waals surface area (Å²) in [6.07, 6.45) is 4.15. The van der Waals surface area contributed by atoms with Crippen LogP contribution in [0.15, 0.2) is 24.3 Å². The Morgan fingerprint density at radius 2 is 1.96 bits per heavy atom. The second-order valence-corrected chi connectivity index (χ2v) is 8.91. The fourth-order valence-electron chi connectivity index (χ4n) is 5.53. The van der Waals surface area contributed by atoms with E-state index in [1.54, 1.807) is 0 Å². The average molecular weight is 384 g/mol. The molecule has 152 valence electrons. The first-order chi connectivity index (χ1) is 13.5. The minimum Gasteiger partial charge on any atom is -0.343 e. The molecule has 0 aliphatic carbocycles. The lowest BCUT2D eigenvalue weighted by molar-refractivity contribution is -0.135. The number of amides is 2. The maximum Gasteiger partial charge on any atom is 0.222 e. The topological polar surface area (TPSA) is 43.9 Å². The number of nitrogens with zero attached hydrogens (tertiary/aromatic N) is 3. The van der Waals surface area contributed by atoms with E-state index >= 15 is 0 Å². The van der Waals surface area contributed by atoms with Gasteiger partial charge in [-0.15, -0.1) is 0 Å². The molecule has 3 heterocycles. The van der Waals surface area contributed by atoms with Crippen molar-refractivity contribution < 1.29 is 9.59 Å². The van der Waals surface area contributed by atoms with Crippen molar-refractivity contribution in [3.8, 4) is 0 Å². The number of rotatable bonds is 5. The van der Waals surface area contributed by atoms with Gasteiger partial charge in [0.05, 0.1) is 0 Å². The summed E-state index contributed by atoms with van der Waals surface area (Å²) in [5.74, 6) is 1.63. The molecule has 0 bridgehead atoms. The largest absolute Gasteiger partial charge is 0.343 e. The van der Waals surface area contributed by atoms with Gasteiger partial charge in [-0.1, -0.05) is 24.3 Å². The van der Waals surface area contributed by atoms with Crippen LogP contribution in [0.3, 0.4) is 0 Å². The number of hydrogen-bond acceptors (Lipinski definition) is 3. The van der Waals surface area contributed by atoms with Crippen LogP contribution >= 0.6 is 0 Å². The summed E-state index contributed by atoms with van der Waals surface area (Å²) >= 11 is 0. The van der Waals surface area contributed by atoms with Crippen LogP contribution in [0.4, 0.5) is 0 Å². The zero-order chi connectivity index (χ0) is 19.7. The van der Waals surface area contributed by atoms with Gasteiger partial charge in [0.1, 0.15) is 0 Å². The second-order valence-electron chi connectivity index (χ2n) is 8.91. The molecule has 5 heteroatoms. The van der Waals surface area contributed by atoms with Crippen molar-refractivity contribution in [1.82, 2.24) is 14.7 Å². The molecule has 0 unspecified atom stereocenters. The highest BCUT2D eigenvalue weighted by Crippen LogP contribution is 2.44. The van der Waals surface area contributed by atoms with Gasteiger partial charge in [-0.25, -0.2) is 0 Å². The van der Waals surface area contributed by atoms with E-state index in [0.29, 0.717) is 30.7 Å². The quantitative estimate of drug-likeness (QED) is 0.785. The summed E-state index contributed by atoms with van der Waals surface area (Å²) < 4.78 is 0. The highest BCUT2D eigenvalue weighted by Gasteiger charge is 2.47. The van der Waals surface area contributed by atoms with Crippen molar-refractivity contribution in [2.75, 3.05) is 39.8 Å². The van der Waals surface area contributed by atoms with E-state index in [0.717, 1.165) is 52.0 Å². The molecule has 3 atom stereocenters. The Morgan fingerprint density at radius 3 is 2.75 bits per heavy atom. The molecule has 0 spiro atoms. The minimum atomic E-state index is 0.263. The van der Waals surface area contributed by atoms with Crippen molar-refractivity contribution in [3.63, 3.8) is 0 Å². The first kappa shape index (κ1) is 19.4. The van der Waals surface area contributed by atoms with Crippen LogP contribution in [0.5, 0.6) is 0 Å². The first-order valence-electron chi connectivity index (χ1n) is 10.9. The third-order valence-electron chi connectivity index (χ3n) is 6.99. The van der Waals surface area contributed by atoms with E-state index in [4.69, 9.17) is 0 Å². The maximum atomic E-state index is 12.8. The Morgan fingerprint density at radius 1 is 1.14 bits per heavy atom. The van der Waals surface area contributed by atoms with Gasteiger partial charge >= 0.3 is 0 Å². The molecule has 0 N–H and O–H groups in total. The molecule has 3 aliphatic heterocycles. The van der Waals surface area contributed by atoms with Crippen LogP contribution in [0.2, 0.25) is 0 Å². The van der Waals surface area contributed by atoms with E-state index in [1.807, 2.05) is 4.90 Å². The van der Waals surface area contributed by atoms with E-state index in [-0.39, 0.29) is 11.8 Å². The van der Waals surface area contributed by atoms with Gasteiger partial charge in [0, 0.05) is 57.5 Å². The van der Waals surface area contributed by atoms with Crippen LogP contribution < -0.4 is 0 Å². The molecule has 0 radical (unpaired) electrons. The van der Waals surface area contributed by atoms with Crippen molar-refractivity contribution >= 4 is 11.8 Å². The molecule has 3 fully saturated rings. The Bertz CT molecular complexity index is 734. The number of carbonyl (C=O) groups is 2. The number of benzene rings is 1. The standard InChI is InChI=1S/C23H33N3O2/c1-17-8-3-4-9-19(17)23-20-16-26(15-18(20)14-24(23)2)22(28)11-7-13-25-12-6-5-10-21(25)27/h3-4,8-9,18,20,23H,5-7,10-16H2,1-2H3/t18-,20+,23-/m0/s1. The molecule has 1 aromatic rings. The molecular formula is C23H33N3O2. The third kappa shape index (κ3) is 3.82. The molecule has 0 saturated carbocycles. The zero-order valence-corrected chi connectivity index (χ0v) is 17.3. The maximum absolute atomic E-state index is 12.8. The van der Waals surface area contributed by atoms with E-state index in [2.05, 4.69) is 48.0 Å². The number of likely N-dealkylation sites (tertiary alicyclic amines) is 3. The SMILES string of the molecule is Cc1ccccc1[C@H]1[C@@H]2CN(C(=O)CCCN3CCCCC3=O)C[C@@H]2CN1C. The number of piperidine rings is 1. The van der Waals surface area contributed by atoms with Crippen LogP contribution in [0.1, 0.15) is 49.3 Å². The van der Waals surface area contributed by atoms with Crippen LogP contribution in [-0.4, -0.2) is 66.3 Å². The highest BCUT2D eigenvalue weighted by molar-refractivity contribution is 5.78. The zero-order valence-electron chi connectivity index (χ0n) is 17.3. The van der Waals surface area contributed by atoms with Gasteiger partial charge in [0.15, 0.2) is 0 Å². The van der Waals surface area contributed by atoms with Gasteiger partial charge < -0.3 is 9.80 Å². The van der Waals surface area contributed by atoms with Gasteiger partial charge in [-0.3, -0.25) is 14.5 Å². The Kier molecular flexibility index (Phi) is 5.72. The van der Waals surface area contributed by atoms with Crippen LogP contribution in [0, 0.1) is 18.8 Å². The number of hydrogen-bond donors (Lipinski definition) is 0. The molecule has 1 aromatic carbocycles. The van der Waals surface area contributed by atoms with E-state index < -0.39 is 0 Å². The summed E-state index contributed by atoms with van der Waals surface area (Å²) in [6.45, 7) is 6.62. The summed E-state index contributed by atoms with van der Waals surface area (Å²) in [5, 5.41) is 0. The smallest absolute Gasteiger partial charge is 0.222 e. The van der Waals surface area contributed by atoms with Crippen molar-refractivity contribution in [3.05, 3.63) is 35.4 Å². The fraction of sp³-hybridized carbons (Fsp3) is 0.652. The lowest BCUT2D eigenvalue weighted by Gasteiger charge is -2.28. The monoisotopic (exact) mass is 383 g/mol. The van der Waals surface area contributed by atoms with Crippen LogP contribution in [-0.2, 0) is 9.59 Å². The average Bonchev–Trinajstić information content (AvgIpc) is 3.21. The minimum absolute atomic E-state index is 0.263. The first-order valence-corrected chi connectivity index (χ1v) is 10.9.